The number of halogens is 1. The average Bonchev–Trinajstić information content (AvgIpc) is 3.21. The van der Waals surface area contributed by atoms with Gasteiger partial charge in [0.25, 0.3) is 5.56 Å². The maximum atomic E-state index is 13.2. The molecule has 0 radical (unpaired) electrons. The van der Waals surface area contributed by atoms with Gasteiger partial charge in [-0.1, -0.05) is 17.7 Å². The molecule has 0 aliphatic rings. The summed E-state index contributed by atoms with van der Waals surface area (Å²) in [4.78, 5) is 42.3. The van der Waals surface area contributed by atoms with E-state index in [2.05, 4.69) is 9.72 Å². The van der Waals surface area contributed by atoms with Crippen molar-refractivity contribution in [3.8, 4) is 5.69 Å². The number of hydrogen-bond acceptors (Lipinski definition) is 5. The van der Waals surface area contributed by atoms with Gasteiger partial charge in [0.1, 0.15) is 6.54 Å². The number of nitrogens with zero attached hydrogens (tertiary/aromatic N) is 5. The Morgan fingerprint density at radius 3 is 2.53 bits per heavy atom. The number of carbonyl (C=O) groups is 1. The van der Waals surface area contributed by atoms with Gasteiger partial charge in [0.2, 0.25) is 5.78 Å². The van der Waals surface area contributed by atoms with Crippen molar-refractivity contribution in [1.82, 2.24) is 23.1 Å². The van der Waals surface area contributed by atoms with Crippen LogP contribution in [0.25, 0.3) is 22.6 Å². The monoisotopic (exact) mass is 429 g/mol. The Hall–Kier alpha value is -3.33. The van der Waals surface area contributed by atoms with Crippen LogP contribution >= 0.6 is 11.6 Å². The first-order chi connectivity index (χ1) is 14.2. The van der Waals surface area contributed by atoms with Gasteiger partial charge >= 0.3 is 11.7 Å². The van der Waals surface area contributed by atoms with Gasteiger partial charge in [-0.2, -0.15) is 4.98 Å². The third kappa shape index (κ3) is 2.69. The largest absolute Gasteiger partial charge is 0.468 e. The quantitative estimate of drug-likeness (QED) is 0.464. The second-order valence-electron chi connectivity index (χ2n) is 7.17. The van der Waals surface area contributed by atoms with E-state index in [1.54, 1.807) is 10.5 Å². The lowest BCUT2D eigenvalue weighted by molar-refractivity contribution is -0.141. The Labute approximate surface area is 175 Å². The minimum absolute atomic E-state index is 0.218. The van der Waals surface area contributed by atoms with Crippen LogP contribution in [0.15, 0.2) is 27.8 Å². The van der Waals surface area contributed by atoms with E-state index in [1.165, 1.54) is 18.7 Å². The van der Waals surface area contributed by atoms with Crippen LogP contribution in [0.2, 0.25) is 5.02 Å². The number of carbonyl (C=O) groups excluding carboxylic acids is 1. The molecule has 4 aromatic rings. The van der Waals surface area contributed by atoms with E-state index in [9.17, 15) is 14.4 Å². The van der Waals surface area contributed by atoms with Crippen LogP contribution in [-0.2, 0) is 23.1 Å². The summed E-state index contributed by atoms with van der Waals surface area (Å²) in [7, 11) is 2.72. The molecule has 0 bridgehead atoms. The SMILES string of the molecule is COC(=O)Cn1c(=O)c2c(nc3n(-c4cc(Cl)ccc4C)c(C)c(C)n23)n(C)c1=O. The molecule has 0 spiro atoms. The molecule has 0 saturated carbocycles. The Morgan fingerprint density at radius 2 is 1.87 bits per heavy atom. The number of benzene rings is 1. The van der Waals surface area contributed by atoms with Gasteiger partial charge in [-0.15, -0.1) is 0 Å². The van der Waals surface area contributed by atoms with E-state index in [-0.39, 0.29) is 11.2 Å². The maximum Gasteiger partial charge on any atom is 0.333 e. The molecule has 0 aliphatic carbocycles. The molecule has 3 aromatic heterocycles. The van der Waals surface area contributed by atoms with Crippen molar-refractivity contribution in [1.29, 1.82) is 0 Å². The zero-order valence-electron chi connectivity index (χ0n) is 17.2. The van der Waals surface area contributed by atoms with Crippen molar-refractivity contribution in [3.05, 3.63) is 61.0 Å². The predicted octanol–water partition coefficient (Wildman–Crippen LogP) is 1.89. The van der Waals surface area contributed by atoms with Gasteiger partial charge < -0.3 is 4.74 Å². The standard InChI is InChI=1S/C20H20ClN5O4/c1-10-6-7-13(21)8-14(10)25-11(2)12(3)26-16-17(22-19(25)26)23(4)20(29)24(18(16)28)9-15(27)30-5/h6-8H,9H2,1-5H3. The van der Waals surface area contributed by atoms with Crippen LogP contribution in [0.3, 0.4) is 0 Å². The molecule has 9 nitrogen and oxygen atoms in total. The summed E-state index contributed by atoms with van der Waals surface area (Å²) in [6.45, 7) is 5.27. The minimum atomic E-state index is -0.686. The molecule has 3 heterocycles. The third-order valence-corrected chi connectivity index (χ3v) is 5.68. The molecule has 4 rings (SSSR count). The van der Waals surface area contributed by atoms with E-state index in [1.807, 2.05) is 37.5 Å². The van der Waals surface area contributed by atoms with Crippen LogP contribution in [-0.4, -0.2) is 36.2 Å². The van der Waals surface area contributed by atoms with Gasteiger partial charge in [0.15, 0.2) is 11.2 Å². The summed E-state index contributed by atoms with van der Waals surface area (Å²) >= 11 is 6.23. The second-order valence-corrected chi connectivity index (χ2v) is 7.60. The number of aromatic nitrogens is 5. The molecule has 1 aromatic carbocycles. The van der Waals surface area contributed by atoms with Crippen molar-refractivity contribution in [2.45, 2.75) is 27.3 Å². The molecule has 156 valence electrons. The highest BCUT2D eigenvalue weighted by Crippen LogP contribution is 2.27. The molecule has 30 heavy (non-hydrogen) atoms. The van der Waals surface area contributed by atoms with Crippen LogP contribution in [0.1, 0.15) is 17.0 Å². The first-order valence-corrected chi connectivity index (χ1v) is 9.58. The fourth-order valence-corrected chi connectivity index (χ4v) is 3.86. The number of methoxy groups -OCH3 is 1. The zero-order valence-corrected chi connectivity index (χ0v) is 17.9. The molecule has 10 heteroatoms. The fraction of sp³-hybridized carbons (Fsp3) is 0.300. The van der Waals surface area contributed by atoms with Gasteiger partial charge in [-0.05, 0) is 38.5 Å². The highest BCUT2D eigenvalue weighted by Gasteiger charge is 2.24. The molecule has 0 N–H and O–H groups in total. The number of hydrogen-bond donors (Lipinski definition) is 0. The molecule has 0 unspecified atom stereocenters. The summed E-state index contributed by atoms with van der Waals surface area (Å²) in [6.07, 6.45) is 0. The normalized spacial score (nSPS) is 11.5. The number of imidazole rings is 2. The average molecular weight is 430 g/mol. The first-order valence-electron chi connectivity index (χ1n) is 9.20. The maximum absolute atomic E-state index is 13.2. The number of ether oxygens (including phenoxy) is 1. The number of aryl methyl sites for hydroxylation is 3. The predicted molar refractivity (Wildman–Crippen MR) is 113 cm³/mol. The Morgan fingerprint density at radius 1 is 1.17 bits per heavy atom. The first kappa shape index (κ1) is 20.0. The van der Waals surface area contributed by atoms with Crippen LogP contribution in [0.5, 0.6) is 0 Å². The Balaban J connectivity index is 2.17. The summed E-state index contributed by atoms with van der Waals surface area (Å²) in [5.74, 6) is -0.206. The number of fused-ring (bicyclic) bond motifs is 3. The zero-order chi connectivity index (χ0) is 21.9. The van der Waals surface area contributed by atoms with Crippen LogP contribution < -0.4 is 11.2 Å². The summed E-state index contributed by atoms with van der Waals surface area (Å²) in [5.41, 5.74) is 2.67. The Bertz CT molecular complexity index is 1470. The minimum Gasteiger partial charge on any atom is -0.468 e. The third-order valence-electron chi connectivity index (χ3n) is 5.45. The van der Waals surface area contributed by atoms with E-state index < -0.39 is 23.8 Å². The van der Waals surface area contributed by atoms with Crippen molar-refractivity contribution in [3.63, 3.8) is 0 Å². The molecular formula is C20H20ClN5O4. The number of rotatable bonds is 3. The van der Waals surface area contributed by atoms with Gasteiger partial charge in [0, 0.05) is 23.5 Å². The fourth-order valence-electron chi connectivity index (χ4n) is 3.70. The Kier molecular flexibility index (Phi) is 4.58. The van der Waals surface area contributed by atoms with Crippen LogP contribution in [0, 0.1) is 20.8 Å². The van der Waals surface area contributed by atoms with Crippen molar-refractivity contribution in [2.75, 3.05) is 7.11 Å². The number of esters is 1. The van der Waals surface area contributed by atoms with E-state index in [0.29, 0.717) is 10.8 Å². The smallest absolute Gasteiger partial charge is 0.333 e. The van der Waals surface area contributed by atoms with Crippen LogP contribution in [0.4, 0.5) is 0 Å². The molecule has 0 atom stereocenters. The molecule has 0 saturated heterocycles. The molecule has 0 fully saturated rings. The van der Waals surface area contributed by atoms with Gasteiger partial charge in [-0.25, -0.2) is 9.36 Å². The van der Waals surface area contributed by atoms with Crippen molar-refractivity contribution < 1.29 is 9.53 Å². The second kappa shape index (κ2) is 6.88. The van der Waals surface area contributed by atoms with E-state index in [0.717, 1.165) is 27.2 Å². The highest BCUT2D eigenvalue weighted by molar-refractivity contribution is 6.30. The van der Waals surface area contributed by atoms with Gasteiger partial charge in [-0.3, -0.25) is 23.1 Å². The lowest BCUT2D eigenvalue weighted by atomic mass is 10.2. The molecule has 0 amide bonds. The summed E-state index contributed by atoms with van der Waals surface area (Å²) < 4.78 is 10.4. The lowest BCUT2D eigenvalue weighted by Crippen LogP contribution is -2.41. The lowest BCUT2D eigenvalue weighted by Gasteiger charge is -2.10. The van der Waals surface area contributed by atoms with E-state index >= 15 is 0 Å². The van der Waals surface area contributed by atoms with Crippen molar-refractivity contribution >= 4 is 34.5 Å². The van der Waals surface area contributed by atoms with E-state index in [4.69, 9.17) is 11.6 Å². The summed E-state index contributed by atoms with van der Waals surface area (Å²) in [5, 5.41) is 0.573. The van der Waals surface area contributed by atoms with Gasteiger partial charge in [0.05, 0.1) is 12.8 Å². The topological polar surface area (TPSA) is 92.5 Å². The molecule has 0 aliphatic heterocycles. The molecular weight excluding hydrogens is 410 g/mol. The van der Waals surface area contributed by atoms with Crippen molar-refractivity contribution in [2.24, 2.45) is 7.05 Å². The summed E-state index contributed by atoms with van der Waals surface area (Å²) in [6, 6.07) is 5.54. The highest BCUT2D eigenvalue weighted by atomic mass is 35.5.